The first-order valence-corrected chi connectivity index (χ1v) is 8.31. The molecule has 17 heavy (non-hydrogen) atoms. The summed E-state index contributed by atoms with van der Waals surface area (Å²) < 4.78 is 22.0. The molecule has 0 saturated heterocycles. The van der Waals surface area contributed by atoms with Gasteiger partial charge in [-0.15, -0.1) is 11.3 Å². The van der Waals surface area contributed by atoms with E-state index in [2.05, 4.69) is 19.2 Å². The highest BCUT2D eigenvalue weighted by Gasteiger charge is 2.16. The Morgan fingerprint density at radius 3 is 2.65 bits per heavy atom. The van der Waals surface area contributed by atoms with Crippen molar-refractivity contribution in [1.82, 2.24) is 5.32 Å². The molecular weight excluding hydrogens is 282 g/mol. The minimum Gasteiger partial charge on any atom is -0.352 e. The molecule has 1 aromatic heterocycles. The highest BCUT2D eigenvalue weighted by molar-refractivity contribution is 8.15. The molecule has 1 aromatic rings. The molecule has 0 aromatic carbocycles. The summed E-state index contributed by atoms with van der Waals surface area (Å²) in [5, 5.41) is 4.21. The van der Waals surface area contributed by atoms with Gasteiger partial charge < -0.3 is 5.32 Å². The van der Waals surface area contributed by atoms with Crippen molar-refractivity contribution in [3.05, 3.63) is 17.0 Å². The summed E-state index contributed by atoms with van der Waals surface area (Å²) >= 11 is 0.944. The first kappa shape index (κ1) is 14.5. The number of rotatable bonds is 5. The molecule has 0 aliphatic heterocycles. The molecule has 0 aliphatic rings. The summed E-state index contributed by atoms with van der Waals surface area (Å²) in [5.41, 5.74) is 0.331. The molecule has 0 radical (unpaired) electrons. The van der Waals surface area contributed by atoms with Crippen LogP contribution in [0.3, 0.4) is 0 Å². The molecule has 0 unspecified atom stereocenters. The number of amides is 1. The van der Waals surface area contributed by atoms with Gasteiger partial charge in [0.1, 0.15) is 4.21 Å². The fourth-order valence-corrected chi connectivity index (χ4v) is 3.09. The fraction of sp³-hybridized carbons (Fsp3) is 0.500. The Morgan fingerprint density at radius 1 is 1.53 bits per heavy atom. The number of nitrogens with one attached hydrogen (secondary N) is 1. The maximum Gasteiger partial charge on any atom is 0.270 e. The smallest absolute Gasteiger partial charge is 0.270 e. The van der Waals surface area contributed by atoms with Crippen LogP contribution in [0.5, 0.6) is 0 Å². The predicted molar refractivity (Wildman–Crippen MR) is 69.1 cm³/mol. The Bertz CT molecular complexity index is 493. The molecule has 7 heteroatoms. The summed E-state index contributed by atoms with van der Waals surface area (Å²) in [4.78, 5) is 11.6. The molecule has 1 N–H and O–H groups in total. The summed E-state index contributed by atoms with van der Waals surface area (Å²) in [6, 6.07) is 1.29. The summed E-state index contributed by atoms with van der Waals surface area (Å²) in [6.45, 7) is 4.71. The molecule has 0 saturated carbocycles. The van der Waals surface area contributed by atoms with Gasteiger partial charge in [-0.2, -0.15) is 0 Å². The van der Waals surface area contributed by atoms with Crippen molar-refractivity contribution in [1.29, 1.82) is 0 Å². The normalized spacial score (nSPS) is 11.8. The predicted octanol–water partition coefficient (Wildman–Crippen LogP) is 2.45. The van der Waals surface area contributed by atoms with Crippen LogP contribution in [0.25, 0.3) is 0 Å². The van der Waals surface area contributed by atoms with Gasteiger partial charge >= 0.3 is 0 Å². The first-order valence-electron chi connectivity index (χ1n) is 5.12. The van der Waals surface area contributed by atoms with Crippen molar-refractivity contribution >= 4 is 37.0 Å². The van der Waals surface area contributed by atoms with E-state index in [9.17, 15) is 13.2 Å². The van der Waals surface area contributed by atoms with Gasteiger partial charge in [0.15, 0.2) is 0 Å². The van der Waals surface area contributed by atoms with E-state index in [4.69, 9.17) is 10.7 Å². The number of carbonyl (C=O) groups excluding carboxylic acids is 1. The second kappa shape index (κ2) is 5.84. The van der Waals surface area contributed by atoms with Crippen LogP contribution in [-0.2, 0) is 9.05 Å². The largest absolute Gasteiger partial charge is 0.352 e. The topological polar surface area (TPSA) is 63.2 Å². The Balaban J connectivity index is 2.62. The zero-order valence-corrected chi connectivity index (χ0v) is 12.0. The van der Waals surface area contributed by atoms with E-state index >= 15 is 0 Å². The maximum atomic E-state index is 11.6. The molecule has 0 atom stereocenters. The van der Waals surface area contributed by atoms with E-state index in [0.717, 1.165) is 17.8 Å². The van der Waals surface area contributed by atoms with Gasteiger partial charge in [0, 0.05) is 22.6 Å². The lowest BCUT2D eigenvalue weighted by atomic mass is 10.1. The summed E-state index contributed by atoms with van der Waals surface area (Å²) in [5.74, 6) is 0.241. The van der Waals surface area contributed by atoms with Gasteiger partial charge in [-0.05, 0) is 18.4 Å². The van der Waals surface area contributed by atoms with Gasteiger partial charge in [-0.25, -0.2) is 8.42 Å². The molecule has 1 rings (SSSR count). The molecule has 4 nitrogen and oxygen atoms in total. The van der Waals surface area contributed by atoms with Gasteiger partial charge in [-0.1, -0.05) is 13.8 Å². The van der Waals surface area contributed by atoms with Crippen molar-refractivity contribution in [2.45, 2.75) is 24.5 Å². The average molecular weight is 296 g/mol. The number of hydrogen-bond donors (Lipinski definition) is 1. The Labute approximate surface area is 109 Å². The van der Waals surface area contributed by atoms with Gasteiger partial charge in [0.2, 0.25) is 0 Å². The zero-order chi connectivity index (χ0) is 13.1. The molecular formula is C10H14ClNO3S2. The third-order valence-corrected chi connectivity index (χ3v) is 5.13. The van der Waals surface area contributed by atoms with Crippen LogP contribution in [-0.4, -0.2) is 20.9 Å². The zero-order valence-electron chi connectivity index (χ0n) is 9.57. The van der Waals surface area contributed by atoms with Gasteiger partial charge in [-0.3, -0.25) is 4.79 Å². The maximum absolute atomic E-state index is 11.6. The van der Waals surface area contributed by atoms with E-state index in [1.807, 2.05) is 0 Å². The van der Waals surface area contributed by atoms with E-state index in [0.29, 0.717) is 18.0 Å². The van der Waals surface area contributed by atoms with Crippen molar-refractivity contribution in [3.63, 3.8) is 0 Å². The Kier molecular flexibility index (Phi) is 4.97. The number of halogens is 1. The number of carbonyl (C=O) groups is 1. The van der Waals surface area contributed by atoms with E-state index in [-0.39, 0.29) is 10.1 Å². The van der Waals surface area contributed by atoms with E-state index < -0.39 is 9.05 Å². The third kappa shape index (κ3) is 4.65. The lowest BCUT2D eigenvalue weighted by Gasteiger charge is -2.05. The SMILES string of the molecule is CC(C)CCNC(=O)c1csc(S(=O)(=O)Cl)c1. The van der Waals surface area contributed by atoms with E-state index in [1.54, 1.807) is 0 Å². The summed E-state index contributed by atoms with van der Waals surface area (Å²) in [6.07, 6.45) is 0.885. The van der Waals surface area contributed by atoms with Gasteiger partial charge in [0.25, 0.3) is 15.0 Å². The monoisotopic (exact) mass is 295 g/mol. The van der Waals surface area contributed by atoms with Crippen LogP contribution in [0.15, 0.2) is 15.7 Å². The lowest BCUT2D eigenvalue weighted by molar-refractivity contribution is 0.0952. The number of hydrogen-bond acceptors (Lipinski definition) is 4. The van der Waals surface area contributed by atoms with Crippen LogP contribution in [0, 0.1) is 5.92 Å². The Morgan fingerprint density at radius 2 is 2.18 bits per heavy atom. The Hall–Kier alpha value is -0.590. The second-order valence-corrected chi connectivity index (χ2v) is 7.73. The quantitative estimate of drug-likeness (QED) is 0.849. The minimum absolute atomic E-state index is 0.00632. The lowest BCUT2D eigenvalue weighted by Crippen LogP contribution is -2.24. The number of thiophene rings is 1. The van der Waals surface area contributed by atoms with Crippen molar-refractivity contribution in [2.24, 2.45) is 5.92 Å². The molecule has 0 aliphatic carbocycles. The van der Waals surface area contributed by atoms with Crippen molar-refractivity contribution in [3.8, 4) is 0 Å². The van der Waals surface area contributed by atoms with Crippen molar-refractivity contribution < 1.29 is 13.2 Å². The molecule has 1 amide bonds. The van der Waals surface area contributed by atoms with Gasteiger partial charge in [0.05, 0.1) is 5.56 Å². The third-order valence-electron chi connectivity index (χ3n) is 2.09. The average Bonchev–Trinajstić information content (AvgIpc) is 2.64. The van der Waals surface area contributed by atoms with Crippen LogP contribution >= 0.6 is 22.0 Å². The second-order valence-electron chi connectivity index (χ2n) is 4.03. The minimum atomic E-state index is -3.74. The standard InChI is InChI=1S/C10H14ClNO3S2/c1-7(2)3-4-12-10(13)8-5-9(16-6-8)17(11,14)15/h5-7H,3-4H2,1-2H3,(H,12,13). The van der Waals surface area contributed by atoms with Crippen LogP contribution in [0.1, 0.15) is 30.6 Å². The highest BCUT2D eigenvalue weighted by Crippen LogP contribution is 2.23. The first-order chi connectivity index (χ1) is 7.80. The van der Waals surface area contributed by atoms with Crippen LogP contribution in [0.4, 0.5) is 0 Å². The van der Waals surface area contributed by atoms with Crippen molar-refractivity contribution in [2.75, 3.05) is 6.54 Å². The molecule has 1 heterocycles. The highest BCUT2D eigenvalue weighted by atomic mass is 35.7. The van der Waals surface area contributed by atoms with E-state index in [1.165, 1.54) is 11.4 Å². The van der Waals surface area contributed by atoms with Crippen LogP contribution in [0.2, 0.25) is 0 Å². The molecule has 0 bridgehead atoms. The van der Waals surface area contributed by atoms with Crippen LogP contribution < -0.4 is 5.32 Å². The molecule has 0 spiro atoms. The fourth-order valence-electron chi connectivity index (χ4n) is 1.14. The molecule has 0 fully saturated rings. The summed E-state index contributed by atoms with van der Waals surface area (Å²) in [7, 11) is 1.43. The molecule has 96 valence electrons.